The van der Waals surface area contributed by atoms with Crippen LogP contribution in [-0.4, -0.2) is 5.91 Å². The van der Waals surface area contributed by atoms with E-state index in [1.807, 2.05) is 49.4 Å². The Balaban J connectivity index is 1.85. The number of halogens is 1. The molecular formula is C18H20ClNO. The molecule has 2 aromatic rings. The quantitative estimate of drug-likeness (QED) is 0.752. The Morgan fingerprint density at radius 1 is 1.10 bits per heavy atom. The summed E-state index contributed by atoms with van der Waals surface area (Å²) in [6, 6.07) is 17.9. The molecule has 0 aromatic heterocycles. The maximum absolute atomic E-state index is 12.0. The van der Waals surface area contributed by atoms with Crippen LogP contribution in [0.1, 0.15) is 36.3 Å². The van der Waals surface area contributed by atoms with Gasteiger partial charge in [-0.2, -0.15) is 0 Å². The molecule has 0 saturated carbocycles. The molecule has 1 atom stereocenters. The Bertz CT molecular complexity index is 581. The molecule has 0 aliphatic carbocycles. The smallest absolute Gasteiger partial charge is 0.224 e. The lowest BCUT2D eigenvalue weighted by molar-refractivity contribution is -0.116. The zero-order chi connectivity index (χ0) is 15.1. The summed E-state index contributed by atoms with van der Waals surface area (Å²) >= 11 is 6.12. The third kappa shape index (κ3) is 4.91. The number of nitrogens with one attached hydrogen (secondary N) is 1. The summed E-state index contributed by atoms with van der Waals surface area (Å²) in [7, 11) is 0. The van der Waals surface area contributed by atoms with Crippen molar-refractivity contribution in [3.05, 3.63) is 65.7 Å². The Morgan fingerprint density at radius 3 is 2.48 bits per heavy atom. The first-order chi connectivity index (χ1) is 10.2. The fourth-order valence-electron chi connectivity index (χ4n) is 2.27. The van der Waals surface area contributed by atoms with E-state index in [-0.39, 0.29) is 11.3 Å². The van der Waals surface area contributed by atoms with Gasteiger partial charge in [-0.15, -0.1) is 11.6 Å². The molecule has 21 heavy (non-hydrogen) atoms. The van der Waals surface area contributed by atoms with Crippen molar-refractivity contribution in [1.29, 1.82) is 0 Å². The standard InChI is InChI=1S/C18H20ClNO/c1-14(19)16-11-5-6-12-17(16)20-18(21)13-7-10-15-8-3-2-4-9-15/h2-6,8-9,11-12,14H,7,10,13H2,1H3,(H,20,21). The minimum atomic E-state index is -0.120. The molecule has 110 valence electrons. The number of anilines is 1. The maximum atomic E-state index is 12.0. The van der Waals surface area contributed by atoms with Crippen molar-refractivity contribution in [2.24, 2.45) is 0 Å². The van der Waals surface area contributed by atoms with Crippen LogP contribution in [0.25, 0.3) is 0 Å². The highest BCUT2D eigenvalue weighted by atomic mass is 35.5. The Kier molecular flexibility index (Phi) is 5.82. The lowest BCUT2D eigenvalue weighted by atomic mass is 10.1. The van der Waals surface area contributed by atoms with Crippen LogP contribution in [-0.2, 0) is 11.2 Å². The van der Waals surface area contributed by atoms with Crippen molar-refractivity contribution in [3.63, 3.8) is 0 Å². The molecule has 2 nitrogen and oxygen atoms in total. The van der Waals surface area contributed by atoms with E-state index in [0.717, 1.165) is 24.1 Å². The molecule has 0 aliphatic heterocycles. The number of carbonyl (C=O) groups excluding carboxylic acids is 1. The number of para-hydroxylation sites is 1. The predicted molar refractivity (Wildman–Crippen MR) is 88.7 cm³/mol. The number of hydrogen-bond donors (Lipinski definition) is 1. The number of carbonyl (C=O) groups is 1. The third-order valence-electron chi connectivity index (χ3n) is 3.38. The van der Waals surface area contributed by atoms with Gasteiger partial charge in [-0.1, -0.05) is 48.5 Å². The van der Waals surface area contributed by atoms with Gasteiger partial charge in [-0.3, -0.25) is 4.79 Å². The Labute approximate surface area is 131 Å². The van der Waals surface area contributed by atoms with Crippen molar-refractivity contribution in [2.45, 2.75) is 31.6 Å². The number of amides is 1. The number of rotatable bonds is 6. The predicted octanol–water partition coefficient (Wildman–Crippen LogP) is 4.95. The second-order valence-electron chi connectivity index (χ2n) is 5.09. The monoisotopic (exact) mass is 301 g/mol. The largest absolute Gasteiger partial charge is 0.326 e. The van der Waals surface area contributed by atoms with E-state index in [1.54, 1.807) is 0 Å². The Hall–Kier alpha value is -1.80. The van der Waals surface area contributed by atoms with Gasteiger partial charge in [-0.25, -0.2) is 0 Å². The van der Waals surface area contributed by atoms with E-state index < -0.39 is 0 Å². The van der Waals surface area contributed by atoms with E-state index in [9.17, 15) is 4.79 Å². The number of benzene rings is 2. The van der Waals surface area contributed by atoms with Crippen LogP contribution in [0.5, 0.6) is 0 Å². The summed E-state index contributed by atoms with van der Waals surface area (Å²) in [6.45, 7) is 1.90. The van der Waals surface area contributed by atoms with Gasteiger partial charge in [-0.05, 0) is 37.0 Å². The van der Waals surface area contributed by atoms with Crippen molar-refractivity contribution in [1.82, 2.24) is 0 Å². The van der Waals surface area contributed by atoms with Gasteiger partial charge in [0.1, 0.15) is 0 Å². The lowest BCUT2D eigenvalue weighted by Crippen LogP contribution is -2.13. The summed E-state index contributed by atoms with van der Waals surface area (Å²) in [4.78, 5) is 12.0. The fourth-order valence-corrected chi connectivity index (χ4v) is 2.46. The average Bonchev–Trinajstić information content (AvgIpc) is 2.48. The zero-order valence-corrected chi connectivity index (χ0v) is 12.9. The maximum Gasteiger partial charge on any atom is 0.224 e. The fraction of sp³-hybridized carbons (Fsp3) is 0.278. The first-order valence-electron chi connectivity index (χ1n) is 7.23. The minimum absolute atomic E-state index is 0.0377. The molecular weight excluding hydrogens is 282 g/mol. The molecule has 1 amide bonds. The van der Waals surface area contributed by atoms with E-state index in [2.05, 4.69) is 17.4 Å². The highest BCUT2D eigenvalue weighted by Gasteiger charge is 2.10. The minimum Gasteiger partial charge on any atom is -0.326 e. The summed E-state index contributed by atoms with van der Waals surface area (Å²) < 4.78 is 0. The van der Waals surface area contributed by atoms with Gasteiger partial charge in [0.25, 0.3) is 0 Å². The molecule has 3 heteroatoms. The van der Waals surface area contributed by atoms with Crippen molar-refractivity contribution >= 4 is 23.2 Å². The van der Waals surface area contributed by atoms with Gasteiger partial charge >= 0.3 is 0 Å². The second kappa shape index (κ2) is 7.84. The van der Waals surface area contributed by atoms with Crippen LogP contribution in [0.4, 0.5) is 5.69 Å². The average molecular weight is 302 g/mol. The summed E-state index contributed by atoms with van der Waals surface area (Å²) in [6.07, 6.45) is 2.27. The summed E-state index contributed by atoms with van der Waals surface area (Å²) in [5.74, 6) is 0.0377. The first-order valence-corrected chi connectivity index (χ1v) is 7.67. The van der Waals surface area contributed by atoms with E-state index in [1.165, 1.54) is 5.56 Å². The molecule has 1 unspecified atom stereocenters. The van der Waals surface area contributed by atoms with Gasteiger partial charge in [0.15, 0.2) is 0 Å². The zero-order valence-electron chi connectivity index (χ0n) is 12.2. The normalized spacial score (nSPS) is 11.9. The molecule has 0 radical (unpaired) electrons. The number of alkyl halides is 1. The number of aryl methyl sites for hydroxylation is 1. The molecule has 0 bridgehead atoms. The van der Waals surface area contributed by atoms with Crippen LogP contribution < -0.4 is 5.32 Å². The molecule has 1 N–H and O–H groups in total. The van der Waals surface area contributed by atoms with Gasteiger partial charge in [0.2, 0.25) is 5.91 Å². The first kappa shape index (κ1) is 15.6. The van der Waals surface area contributed by atoms with E-state index >= 15 is 0 Å². The van der Waals surface area contributed by atoms with E-state index in [4.69, 9.17) is 11.6 Å². The molecule has 2 aromatic carbocycles. The van der Waals surface area contributed by atoms with Crippen LogP contribution >= 0.6 is 11.6 Å². The van der Waals surface area contributed by atoms with Crippen LogP contribution in [0.2, 0.25) is 0 Å². The third-order valence-corrected chi connectivity index (χ3v) is 3.61. The summed E-state index contributed by atoms with van der Waals surface area (Å²) in [5.41, 5.74) is 3.03. The highest BCUT2D eigenvalue weighted by Crippen LogP contribution is 2.27. The van der Waals surface area contributed by atoms with E-state index in [0.29, 0.717) is 6.42 Å². The molecule has 0 heterocycles. The Morgan fingerprint density at radius 2 is 1.76 bits per heavy atom. The van der Waals surface area contributed by atoms with Crippen LogP contribution in [0, 0.1) is 0 Å². The van der Waals surface area contributed by atoms with Gasteiger partial charge in [0.05, 0.1) is 5.38 Å². The van der Waals surface area contributed by atoms with Crippen molar-refractivity contribution < 1.29 is 4.79 Å². The van der Waals surface area contributed by atoms with Crippen molar-refractivity contribution in [2.75, 3.05) is 5.32 Å². The molecule has 0 aliphatic rings. The number of hydrogen-bond acceptors (Lipinski definition) is 1. The molecule has 0 fully saturated rings. The topological polar surface area (TPSA) is 29.1 Å². The highest BCUT2D eigenvalue weighted by molar-refractivity contribution is 6.21. The second-order valence-corrected chi connectivity index (χ2v) is 5.75. The molecule has 0 saturated heterocycles. The summed E-state index contributed by atoms with van der Waals surface area (Å²) in [5, 5.41) is 2.84. The molecule has 0 spiro atoms. The molecule has 2 rings (SSSR count). The van der Waals surface area contributed by atoms with Gasteiger partial charge < -0.3 is 5.32 Å². The van der Waals surface area contributed by atoms with Crippen LogP contribution in [0.15, 0.2) is 54.6 Å². The SMILES string of the molecule is CC(Cl)c1ccccc1NC(=O)CCCc1ccccc1. The van der Waals surface area contributed by atoms with Crippen molar-refractivity contribution in [3.8, 4) is 0 Å². The van der Waals surface area contributed by atoms with Gasteiger partial charge in [0, 0.05) is 12.1 Å². The lowest BCUT2D eigenvalue weighted by Gasteiger charge is -2.12. The van der Waals surface area contributed by atoms with Crippen LogP contribution in [0.3, 0.4) is 0 Å².